The van der Waals surface area contributed by atoms with Crippen LogP contribution in [0.4, 0.5) is 9.18 Å². The number of hydrogen-bond acceptors (Lipinski definition) is 3. The highest BCUT2D eigenvalue weighted by molar-refractivity contribution is 7.83. The normalized spacial score (nSPS) is 12.3. The summed E-state index contributed by atoms with van der Waals surface area (Å²) >= 11 is 4.08. The fraction of sp³-hybridized carbons (Fsp3) is 0.448. The highest BCUT2D eigenvalue weighted by atomic mass is 32.1. The summed E-state index contributed by atoms with van der Waals surface area (Å²) < 4.78 is 12.6. The van der Waals surface area contributed by atoms with Crippen molar-refractivity contribution in [1.29, 1.82) is 0 Å². The number of unbranched alkanes of at least 4 members (excludes halogenated alkanes) is 1. The first-order valence-electron chi connectivity index (χ1n) is 12.3. The zero-order valence-electron chi connectivity index (χ0n) is 22.5. The third kappa shape index (κ3) is 24.3. The number of hydrogen-bond donors (Lipinski definition) is 3. The lowest BCUT2D eigenvalue weighted by Crippen LogP contribution is -2.35. The van der Waals surface area contributed by atoms with Gasteiger partial charge in [0.2, 0.25) is 0 Å². The van der Waals surface area contributed by atoms with E-state index in [0.29, 0.717) is 18.2 Å². The zero-order chi connectivity index (χ0) is 26.9. The molecule has 1 rings (SSSR count). The van der Waals surface area contributed by atoms with Gasteiger partial charge in [0, 0.05) is 19.3 Å². The predicted molar refractivity (Wildman–Crippen MR) is 156 cm³/mol. The van der Waals surface area contributed by atoms with Gasteiger partial charge < -0.3 is 10.6 Å². The second-order valence-electron chi connectivity index (χ2n) is 7.94. The average Bonchev–Trinajstić information content (AvgIpc) is 2.87. The molecule has 0 fully saturated rings. The molecule has 0 saturated heterocycles. The molecule has 0 heterocycles. The molecule has 0 radical (unpaired) electrons. The number of carbonyl (C=O) groups excluding carboxylic acids is 1. The van der Waals surface area contributed by atoms with Crippen LogP contribution in [0.1, 0.15) is 66.4 Å². The Kier molecular flexibility index (Phi) is 24.2. The maximum absolute atomic E-state index is 12.6. The van der Waals surface area contributed by atoms with Crippen molar-refractivity contribution in [3.8, 4) is 0 Å². The Balaban J connectivity index is 0. The molecule has 35 heavy (non-hydrogen) atoms. The molecule has 1 unspecified atom stereocenters. The van der Waals surface area contributed by atoms with Crippen molar-refractivity contribution < 1.29 is 9.18 Å². The molecule has 1 aromatic rings. The lowest BCUT2D eigenvalue weighted by Gasteiger charge is -2.03. The minimum absolute atomic E-state index is 0.0593. The summed E-state index contributed by atoms with van der Waals surface area (Å²) in [5.74, 6) is 0.164. The summed E-state index contributed by atoms with van der Waals surface area (Å²) in [6, 6.07) is 10.3. The average molecular weight is 504 g/mol. The minimum atomic E-state index is -0.273. The first-order valence-corrected chi connectivity index (χ1v) is 12.8. The van der Waals surface area contributed by atoms with E-state index < -0.39 is 0 Å². The third-order valence-electron chi connectivity index (χ3n) is 4.55. The number of urea groups is 1. The Morgan fingerprint density at radius 3 is 2.34 bits per heavy atom. The zero-order valence-corrected chi connectivity index (χ0v) is 23.4. The minimum Gasteiger partial charge on any atom is -0.338 e. The van der Waals surface area contributed by atoms with E-state index in [2.05, 4.69) is 86.8 Å². The van der Waals surface area contributed by atoms with Crippen molar-refractivity contribution in [3.05, 3.63) is 83.2 Å². The van der Waals surface area contributed by atoms with E-state index in [9.17, 15) is 9.18 Å². The van der Waals surface area contributed by atoms with Gasteiger partial charge in [0.05, 0.1) is 5.70 Å². The molecule has 6 heteroatoms. The molecule has 2 amide bonds. The fourth-order valence-electron chi connectivity index (χ4n) is 2.21. The number of allylic oxidation sites excluding steroid dienone is 5. The van der Waals surface area contributed by atoms with Crippen LogP contribution in [0.25, 0.3) is 0 Å². The molecule has 0 aliphatic heterocycles. The molecule has 2 N–H and O–H groups in total. The topological polar surface area (TPSA) is 53.5 Å². The maximum Gasteiger partial charge on any atom is 0.314 e. The number of nitrogens with one attached hydrogen (secondary N) is 2. The van der Waals surface area contributed by atoms with Crippen LogP contribution in [0.15, 0.2) is 82.6 Å². The number of nitrogens with zero attached hydrogens (tertiary/aromatic N) is 1. The van der Waals surface area contributed by atoms with Crippen molar-refractivity contribution in [2.75, 3.05) is 13.1 Å². The molecular formula is C29H46FN3OS. The van der Waals surface area contributed by atoms with Crippen LogP contribution in [-0.2, 0) is 6.42 Å². The van der Waals surface area contributed by atoms with E-state index in [1.165, 1.54) is 23.3 Å². The molecule has 0 spiro atoms. The SMILES string of the molecule is C/C(=C\S)Cc1ccccc1.C=C(/C=C\C(F)=C/C)N=CC(C)CC.CCCCNC(=O)NCC. The van der Waals surface area contributed by atoms with Gasteiger partial charge in [-0.05, 0) is 69.1 Å². The number of aliphatic imine (C=N–C) groups is 1. The van der Waals surface area contributed by atoms with E-state index in [4.69, 9.17) is 0 Å². The Labute approximate surface area is 219 Å². The molecule has 0 bridgehead atoms. The van der Waals surface area contributed by atoms with Gasteiger partial charge in [-0.3, -0.25) is 4.99 Å². The smallest absolute Gasteiger partial charge is 0.314 e. The number of benzene rings is 1. The van der Waals surface area contributed by atoms with Crippen molar-refractivity contribution in [1.82, 2.24) is 10.6 Å². The van der Waals surface area contributed by atoms with E-state index in [-0.39, 0.29) is 11.9 Å². The van der Waals surface area contributed by atoms with Gasteiger partial charge in [0.15, 0.2) is 0 Å². The van der Waals surface area contributed by atoms with Crippen LogP contribution >= 0.6 is 12.6 Å². The van der Waals surface area contributed by atoms with Gasteiger partial charge in [-0.1, -0.05) is 75.8 Å². The van der Waals surface area contributed by atoms with Gasteiger partial charge in [-0.2, -0.15) is 12.6 Å². The van der Waals surface area contributed by atoms with Crippen LogP contribution < -0.4 is 10.6 Å². The largest absolute Gasteiger partial charge is 0.338 e. The van der Waals surface area contributed by atoms with Crippen LogP contribution in [0.2, 0.25) is 0 Å². The molecule has 0 aliphatic rings. The summed E-state index contributed by atoms with van der Waals surface area (Å²) in [7, 11) is 0. The summed E-state index contributed by atoms with van der Waals surface area (Å²) in [6.45, 7) is 17.1. The molecular weight excluding hydrogens is 457 g/mol. The fourth-order valence-corrected chi connectivity index (χ4v) is 2.30. The van der Waals surface area contributed by atoms with Gasteiger partial charge in [0.1, 0.15) is 5.83 Å². The molecule has 4 nitrogen and oxygen atoms in total. The lowest BCUT2D eigenvalue weighted by molar-refractivity contribution is 0.241. The standard InChI is InChI=1S/C12H18FN.C10H12S.C7H16N2O/c1-5-10(3)9-14-11(4)7-8-12(13)6-2;1-9(8-11)7-10-5-3-2-4-6-10;1-3-5-6-9-7(10)8-4-2/h6-10H,4-5H2,1-3H3;2-6,8,11H,7H2,1H3;3-6H2,1-2H3,(H2,8,9,10)/b8-7-,12-6+,14-9?;9-8+;. The van der Waals surface area contributed by atoms with E-state index in [0.717, 1.165) is 32.2 Å². The summed E-state index contributed by atoms with van der Waals surface area (Å²) in [5.41, 5.74) is 3.21. The Bertz CT molecular complexity index is 801. The second-order valence-corrected chi connectivity index (χ2v) is 8.20. The summed E-state index contributed by atoms with van der Waals surface area (Å²) in [4.78, 5) is 14.8. The first-order chi connectivity index (χ1) is 16.7. The predicted octanol–water partition coefficient (Wildman–Crippen LogP) is 8.21. The van der Waals surface area contributed by atoms with Crippen molar-refractivity contribution in [2.24, 2.45) is 10.9 Å². The number of carbonyl (C=O) groups is 1. The number of rotatable bonds is 11. The lowest BCUT2D eigenvalue weighted by atomic mass is 10.1. The molecule has 196 valence electrons. The summed E-state index contributed by atoms with van der Waals surface area (Å²) in [5, 5.41) is 7.24. The van der Waals surface area contributed by atoms with Gasteiger partial charge in [-0.25, -0.2) is 9.18 Å². The van der Waals surface area contributed by atoms with Gasteiger partial charge in [-0.15, -0.1) is 0 Å². The van der Waals surface area contributed by atoms with Crippen LogP contribution in [-0.4, -0.2) is 25.3 Å². The number of halogens is 1. The highest BCUT2D eigenvalue weighted by Crippen LogP contribution is 2.07. The molecule has 1 atom stereocenters. The second kappa shape index (κ2) is 24.5. The van der Waals surface area contributed by atoms with E-state index in [1.807, 2.05) is 24.6 Å². The van der Waals surface area contributed by atoms with Gasteiger partial charge in [0.25, 0.3) is 0 Å². The number of amides is 2. The van der Waals surface area contributed by atoms with Crippen LogP contribution in [0.5, 0.6) is 0 Å². The summed E-state index contributed by atoms with van der Waals surface area (Å²) in [6.07, 6.45) is 10.4. The third-order valence-corrected chi connectivity index (χ3v) is 4.99. The molecule has 0 aliphatic carbocycles. The van der Waals surface area contributed by atoms with Crippen LogP contribution in [0, 0.1) is 5.92 Å². The van der Waals surface area contributed by atoms with E-state index in [1.54, 1.807) is 13.0 Å². The van der Waals surface area contributed by atoms with Crippen molar-refractivity contribution in [3.63, 3.8) is 0 Å². The van der Waals surface area contributed by atoms with Crippen LogP contribution in [0.3, 0.4) is 0 Å². The molecule has 0 saturated carbocycles. The molecule has 1 aromatic carbocycles. The van der Waals surface area contributed by atoms with Crippen molar-refractivity contribution >= 4 is 24.9 Å². The van der Waals surface area contributed by atoms with Gasteiger partial charge >= 0.3 is 6.03 Å². The monoisotopic (exact) mass is 503 g/mol. The number of thiol groups is 1. The Hall–Kier alpha value is -2.60. The first kappa shape index (κ1) is 34.6. The molecule has 0 aromatic heterocycles. The quantitative estimate of drug-likeness (QED) is 0.121. The highest BCUT2D eigenvalue weighted by Gasteiger charge is 1.94. The van der Waals surface area contributed by atoms with E-state index >= 15 is 0 Å². The Morgan fingerprint density at radius 1 is 1.17 bits per heavy atom. The van der Waals surface area contributed by atoms with Crippen molar-refractivity contribution in [2.45, 2.75) is 67.2 Å². The maximum atomic E-state index is 12.6. The Morgan fingerprint density at radius 2 is 1.83 bits per heavy atom.